The first kappa shape index (κ1) is 20.4. The molecule has 144 valence electrons. The molecule has 3 aromatic carbocycles. The van der Waals surface area contributed by atoms with E-state index in [1.807, 2.05) is 0 Å². The fourth-order valence-electron chi connectivity index (χ4n) is 3.78. The second-order valence-electron chi connectivity index (χ2n) is 6.74. The Morgan fingerprint density at radius 3 is 2.07 bits per heavy atom. The van der Waals surface area contributed by atoms with E-state index >= 15 is 0 Å². The van der Waals surface area contributed by atoms with Crippen molar-refractivity contribution in [1.82, 2.24) is 0 Å². The Hall–Kier alpha value is -2.34. The summed E-state index contributed by atoms with van der Waals surface area (Å²) in [7, 11) is 3.38. The Kier molecular flexibility index (Phi) is 6.73. The van der Waals surface area contributed by atoms with E-state index in [1.54, 1.807) is 14.2 Å². The molecule has 0 unspecified atom stereocenters. The lowest BCUT2D eigenvalue weighted by molar-refractivity contribution is -0.544. The average molecular weight is 485 g/mol. The largest absolute Gasteiger partial charge is 1.00 e. The van der Waals surface area contributed by atoms with Gasteiger partial charge in [0.2, 0.25) is 5.71 Å². The molecule has 28 heavy (non-hydrogen) atoms. The second kappa shape index (κ2) is 9.24. The summed E-state index contributed by atoms with van der Waals surface area (Å²) in [5.74, 6) is 1.56. The number of fused-ring (bicyclic) bond motifs is 1. The Balaban J connectivity index is 0.00000225. The van der Waals surface area contributed by atoms with Gasteiger partial charge in [-0.15, -0.1) is 0 Å². The molecule has 4 heteroatoms. The van der Waals surface area contributed by atoms with Crippen LogP contribution in [-0.4, -0.2) is 31.1 Å². The molecule has 1 heterocycles. The first-order valence-electron chi connectivity index (χ1n) is 9.26. The molecule has 0 amide bonds. The molecule has 0 spiro atoms. The normalized spacial score (nSPS) is 12.8. The van der Waals surface area contributed by atoms with Crippen LogP contribution >= 0.6 is 0 Å². The summed E-state index contributed by atoms with van der Waals surface area (Å²) in [6.07, 6.45) is 0.985. The van der Waals surface area contributed by atoms with Crippen molar-refractivity contribution in [3.8, 4) is 11.5 Å². The molecule has 0 saturated carbocycles. The summed E-state index contributed by atoms with van der Waals surface area (Å²) in [6.45, 7) is 1.86. The van der Waals surface area contributed by atoms with Crippen molar-refractivity contribution in [3.63, 3.8) is 0 Å². The highest BCUT2D eigenvalue weighted by atomic mass is 127. The van der Waals surface area contributed by atoms with Crippen LogP contribution in [0, 0.1) is 0 Å². The van der Waals surface area contributed by atoms with Crippen LogP contribution in [0.3, 0.4) is 0 Å². The molecule has 3 nitrogen and oxygen atoms in total. The van der Waals surface area contributed by atoms with E-state index < -0.39 is 0 Å². The summed E-state index contributed by atoms with van der Waals surface area (Å²) in [5, 5.41) is 0. The van der Waals surface area contributed by atoms with Crippen molar-refractivity contribution in [2.24, 2.45) is 0 Å². The third-order valence-corrected chi connectivity index (χ3v) is 5.10. The van der Waals surface area contributed by atoms with E-state index in [2.05, 4.69) is 77.4 Å². The highest BCUT2D eigenvalue weighted by molar-refractivity contribution is 6.11. The number of ether oxygens (including phenoxy) is 2. The molecule has 0 bridgehead atoms. The number of nitrogens with zero attached hydrogens (tertiary/aromatic N) is 1. The van der Waals surface area contributed by atoms with Crippen LogP contribution in [0.15, 0.2) is 72.8 Å². The lowest BCUT2D eigenvalue weighted by atomic mass is 9.91. The van der Waals surface area contributed by atoms with Gasteiger partial charge in [0.1, 0.15) is 6.54 Å². The Labute approximate surface area is 183 Å². The van der Waals surface area contributed by atoms with E-state index in [4.69, 9.17) is 9.47 Å². The van der Waals surface area contributed by atoms with Gasteiger partial charge in [0.25, 0.3) is 0 Å². The van der Waals surface area contributed by atoms with Crippen LogP contribution in [0.1, 0.15) is 22.3 Å². The Morgan fingerprint density at radius 2 is 1.43 bits per heavy atom. The summed E-state index contributed by atoms with van der Waals surface area (Å²) in [5.41, 5.74) is 6.31. The summed E-state index contributed by atoms with van der Waals surface area (Å²) in [6, 6.07) is 25.5. The van der Waals surface area contributed by atoms with E-state index in [9.17, 15) is 0 Å². The predicted molar refractivity (Wildman–Crippen MR) is 108 cm³/mol. The van der Waals surface area contributed by atoms with Gasteiger partial charge in [0, 0.05) is 17.5 Å². The fraction of sp³-hybridized carbons (Fsp3) is 0.208. The second-order valence-corrected chi connectivity index (χ2v) is 6.74. The van der Waals surface area contributed by atoms with Gasteiger partial charge < -0.3 is 33.5 Å². The number of benzene rings is 3. The van der Waals surface area contributed by atoms with Crippen molar-refractivity contribution in [1.29, 1.82) is 0 Å². The van der Waals surface area contributed by atoms with Gasteiger partial charge in [-0.05, 0) is 29.8 Å². The maximum atomic E-state index is 5.58. The molecule has 1 aliphatic heterocycles. The first-order chi connectivity index (χ1) is 13.3. The number of methoxy groups -OCH3 is 2. The maximum absolute atomic E-state index is 5.58. The molecule has 0 saturated heterocycles. The zero-order valence-corrected chi connectivity index (χ0v) is 18.3. The van der Waals surface area contributed by atoms with Gasteiger partial charge in [0.05, 0.1) is 19.8 Å². The minimum absolute atomic E-state index is 0. The molecule has 0 radical (unpaired) electrons. The van der Waals surface area contributed by atoms with E-state index in [0.717, 1.165) is 31.0 Å². The molecule has 0 fully saturated rings. The van der Waals surface area contributed by atoms with E-state index in [0.29, 0.717) is 0 Å². The first-order valence-corrected chi connectivity index (χ1v) is 9.26. The minimum Gasteiger partial charge on any atom is -1.00 e. The third-order valence-electron chi connectivity index (χ3n) is 5.10. The third kappa shape index (κ3) is 4.07. The Bertz CT molecular complexity index is 969. The average Bonchev–Trinajstić information content (AvgIpc) is 2.74. The molecule has 4 rings (SSSR count). The quantitative estimate of drug-likeness (QED) is 0.402. The van der Waals surface area contributed by atoms with Crippen LogP contribution in [0.5, 0.6) is 11.5 Å². The van der Waals surface area contributed by atoms with Gasteiger partial charge in [-0.3, -0.25) is 0 Å². The number of rotatable bonds is 5. The zero-order valence-electron chi connectivity index (χ0n) is 16.2. The summed E-state index contributed by atoms with van der Waals surface area (Å²) in [4.78, 5) is 0. The van der Waals surface area contributed by atoms with E-state index in [-0.39, 0.29) is 24.0 Å². The smallest absolute Gasteiger partial charge is 0.215 e. The van der Waals surface area contributed by atoms with Gasteiger partial charge >= 0.3 is 0 Å². The van der Waals surface area contributed by atoms with Crippen LogP contribution in [-0.2, 0) is 13.0 Å². The van der Waals surface area contributed by atoms with Crippen LogP contribution < -0.4 is 33.5 Å². The molecule has 0 aliphatic carbocycles. The summed E-state index contributed by atoms with van der Waals surface area (Å²) >= 11 is 0. The number of hydrogen-bond acceptors (Lipinski definition) is 2. The standard InChI is InChI=1S/C24H24NO2.HI/c1-26-22-15-20-13-14-25(17-18-9-5-3-6-10-18)24(19-11-7-4-8-12-19)21(20)16-23(22)27-2;/h3-12,15-16H,13-14,17H2,1-2H3;1H/q+1;/p-1. The number of hydrogen-bond donors (Lipinski definition) is 0. The monoisotopic (exact) mass is 485 g/mol. The number of halogens is 1. The molecular weight excluding hydrogens is 461 g/mol. The van der Waals surface area contributed by atoms with Crippen molar-refractivity contribution >= 4 is 5.71 Å². The molecule has 0 atom stereocenters. The zero-order chi connectivity index (χ0) is 18.6. The highest BCUT2D eigenvalue weighted by Gasteiger charge is 2.29. The van der Waals surface area contributed by atoms with Gasteiger partial charge in [0.15, 0.2) is 18.0 Å². The molecule has 1 aliphatic rings. The molecule has 0 aromatic heterocycles. The van der Waals surface area contributed by atoms with Crippen LogP contribution in [0.25, 0.3) is 0 Å². The predicted octanol–water partition coefficient (Wildman–Crippen LogP) is 1.31. The lowest BCUT2D eigenvalue weighted by Gasteiger charge is -2.21. The van der Waals surface area contributed by atoms with Gasteiger partial charge in [-0.25, -0.2) is 4.58 Å². The van der Waals surface area contributed by atoms with Crippen LogP contribution in [0.2, 0.25) is 0 Å². The van der Waals surface area contributed by atoms with Gasteiger partial charge in [-0.1, -0.05) is 48.5 Å². The topological polar surface area (TPSA) is 21.5 Å². The van der Waals surface area contributed by atoms with Crippen molar-refractivity contribution in [3.05, 3.63) is 95.1 Å². The van der Waals surface area contributed by atoms with Crippen LogP contribution in [0.4, 0.5) is 0 Å². The highest BCUT2D eigenvalue weighted by Crippen LogP contribution is 2.33. The molecule has 0 N–H and O–H groups in total. The fourth-order valence-corrected chi connectivity index (χ4v) is 3.78. The van der Waals surface area contributed by atoms with E-state index in [1.165, 1.54) is 28.0 Å². The SMILES string of the molecule is COc1cc2c(cc1OC)C(c1ccccc1)=[N+](Cc1ccccc1)CC2.[I-]. The van der Waals surface area contributed by atoms with Crippen molar-refractivity contribution < 1.29 is 38.0 Å². The molecular formula is C24H24INO2. The Morgan fingerprint density at radius 1 is 0.821 bits per heavy atom. The van der Waals surface area contributed by atoms with Crippen molar-refractivity contribution in [2.75, 3.05) is 20.8 Å². The maximum Gasteiger partial charge on any atom is 0.215 e. The summed E-state index contributed by atoms with van der Waals surface area (Å²) < 4.78 is 13.6. The lowest BCUT2D eigenvalue weighted by Crippen LogP contribution is -3.00. The van der Waals surface area contributed by atoms with Gasteiger partial charge in [-0.2, -0.15) is 0 Å². The minimum atomic E-state index is 0. The molecule has 3 aromatic rings. The van der Waals surface area contributed by atoms with Crippen molar-refractivity contribution in [2.45, 2.75) is 13.0 Å².